The molecule has 0 saturated carbocycles. The summed E-state index contributed by atoms with van der Waals surface area (Å²) in [7, 11) is 0. The van der Waals surface area contributed by atoms with Gasteiger partial charge in [-0.15, -0.1) is 0 Å². The summed E-state index contributed by atoms with van der Waals surface area (Å²) >= 11 is 6.52. The Kier molecular flexibility index (Phi) is 4.43. The van der Waals surface area contributed by atoms with Crippen molar-refractivity contribution >= 4 is 22.5 Å². The van der Waals surface area contributed by atoms with E-state index in [-0.39, 0.29) is 0 Å². The number of piperazine rings is 1. The molecule has 4 nitrogen and oxygen atoms in total. The third-order valence-corrected chi connectivity index (χ3v) is 4.96. The summed E-state index contributed by atoms with van der Waals surface area (Å²) in [5.74, 6) is 0. The van der Waals surface area contributed by atoms with Crippen LogP contribution in [-0.2, 0) is 6.54 Å². The average Bonchev–Trinajstić information content (AvgIpc) is 2.65. The van der Waals surface area contributed by atoms with Gasteiger partial charge in [-0.3, -0.25) is 14.9 Å². The molecule has 122 valence electrons. The first kappa shape index (κ1) is 15.5. The van der Waals surface area contributed by atoms with Crippen LogP contribution in [0.3, 0.4) is 0 Å². The Morgan fingerprint density at radius 2 is 2.08 bits per heavy atom. The molecule has 0 aliphatic carbocycles. The van der Waals surface area contributed by atoms with E-state index in [9.17, 15) is 0 Å². The largest absolute Gasteiger partial charge is 0.314 e. The lowest BCUT2D eigenvalue weighted by Crippen LogP contribution is -2.45. The number of rotatable bonds is 3. The molecule has 0 spiro atoms. The Labute approximate surface area is 146 Å². The maximum absolute atomic E-state index is 6.52. The third kappa shape index (κ3) is 3.00. The number of hydrogen-bond donors (Lipinski definition) is 1. The first-order valence-electron chi connectivity index (χ1n) is 8.20. The highest BCUT2D eigenvalue weighted by molar-refractivity contribution is 6.32. The number of aromatic nitrogens is 2. The second-order valence-electron chi connectivity index (χ2n) is 6.08. The molecule has 1 unspecified atom stereocenters. The highest BCUT2D eigenvalue weighted by Gasteiger charge is 2.25. The fraction of sp³-hybridized carbons (Fsp3) is 0.263. The van der Waals surface area contributed by atoms with Crippen molar-refractivity contribution in [2.75, 3.05) is 19.6 Å². The normalized spacial score (nSPS) is 18.8. The Morgan fingerprint density at radius 1 is 1.17 bits per heavy atom. The molecule has 0 bridgehead atoms. The Balaban J connectivity index is 1.70. The van der Waals surface area contributed by atoms with E-state index in [0.717, 1.165) is 47.7 Å². The summed E-state index contributed by atoms with van der Waals surface area (Å²) in [4.78, 5) is 11.3. The van der Waals surface area contributed by atoms with Crippen molar-refractivity contribution in [3.63, 3.8) is 0 Å². The van der Waals surface area contributed by atoms with Crippen LogP contribution in [0.4, 0.5) is 0 Å². The monoisotopic (exact) mass is 338 g/mol. The minimum absolute atomic E-state index is 0.294. The van der Waals surface area contributed by atoms with Crippen molar-refractivity contribution < 1.29 is 0 Å². The molecule has 1 N–H and O–H groups in total. The summed E-state index contributed by atoms with van der Waals surface area (Å²) in [5.41, 5.74) is 3.33. The molecule has 2 aromatic heterocycles. The second-order valence-corrected chi connectivity index (χ2v) is 6.49. The number of fused-ring (bicyclic) bond motifs is 1. The van der Waals surface area contributed by atoms with Gasteiger partial charge < -0.3 is 5.32 Å². The third-order valence-electron chi connectivity index (χ3n) is 4.61. The number of pyridine rings is 2. The number of nitrogens with one attached hydrogen (secondary N) is 1. The SMILES string of the molecule is Clc1ccc2cccnc2c1CN1CCNCC1c1cccnc1. The Morgan fingerprint density at radius 3 is 2.96 bits per heavy atom. The zero-order chi connectivity index (χ0) is 16.4. The number of halogens is 1. The first-order valence-corrected chi connectivity index (χ1v) is 8.57. The molecule has 5 heteroatoms. The van der Waals surface area contributed by atoms with Gasteiger partial charge in [0.15, 0.2) is 0 Å². The van der Waals surface area contributed by atoms with Gasteiger partial charge in [0.2, 0.25) is 0 Å². The van der Waals surface area contributed by atoms with Crippen molar-refractivity contribution in [3.05, 3.63) is 71.1 Å². The van der Waals surface area contributed by atoms with Gasteiger partial charge in [-0.25, -0.2) is 0 Å². The van der Waals surface area contributed by atoms with E-state index >= 15 is 0 Å². The van der Waals surface area contributed by atoms with Crippen LogP contribution in [0.25, 0.3) is 10.9 Å². The van der Waals surface area contributed by atoms with E-state index in [2.05, 4.69) is 32.3 Å². The highest BCUT2D eigenvalue weighted by Crippen LogP contribution is 2.30. The average molecular weight is 339 g/mol. The van der Waals surface area contributed by atoms with Crippen LogP contribution in [0.1, 0.15) is 17.2 Å². The molecule has 1 aromatic carbocycles. The zero-order valence-electron chi connectivity index (χ0n) is 13.3. The first-order chi connectivity index (χ1) is 11.8. The molecule has 24 heavy (non-hydrogen) atoms. The van der Waals surface area contributed by atoms with Crippen molar-refractivity contribution in [2.24, 2.45) is 0 Å². The summed E-state index contributed by atoms with van der Waals surface area (Å²) in [6.45, 7) is 3.65. The van der Waals surface area contributed by atoms with E-state index in [1.165, 1.54) is 5.56 Å². The number of benzene rings is 1. The smallest absolute Gasteiger partial charge is 0.0761 e. The van der Waals surface area contributed by atoms with E-state index in [0.29, 0.717) is 6.04 Å². The minimum atomic E-state index is 0.294. The topological polar surface area (TPSA) is 41.1 Å². The second kappa shape index (κ2) is 6.85. The zero-order valence-corrected chi connectivity index (χ0v) is 14.1. The molecule has 1 aliphatic heterocycles. The molecule has 1 aliphatic rings. The summed E-state index contributed by atoms with van der Waals surface area (Å²) < 4.78 is 0. The van der Waals surface area contributed by atoms with E-state index in [1.807, 2.05) is 42.9 Å². The maximum Gasteiger partial charge on any atom is 0.0761 e. The van der Waals surface area contributed by atoms with Crippen LogP contribution in [0.2, 0.25) is 5.02 Å². The molecular weight excluding hydrogens is 320 g/mol. The molecule has 3 aromatic rings. The standard InChI is InChI=1S/C19H19ClN4/c20-17-6-5-14-3-2-8-23-19(14)16(17)13-24-10-9-22-12-18(24)15-4-1-7-21-11-15/h1-8,11,18,22H,9-10,12-13H2. The Bertz CT molecular complexity index is 837. The molecule has 0 radical (unpaired) electrons. The quantitative estimate of drug-likeness (QED) is 0.794. The van der Waals surface area contributed by atoms with Crippen LogP contribution in [0, 0.1) is 0 Å². The van der Waals surface area contributed by atoms with Gasteiger partial charge in [0, 0.05) is 66.8 Å². The van der Waals surface area contributed by atoms with Gasteiger partial charge in [-0.1, -0.05) is 29.8 Å². The molecular formula is C19H19ClN4. The maximum atomic E-state index is 6.52. The summed E-state index contributed by atoms with van der Waals surface area (Å²) in [5, 5.41) is 5.39. The fourth-order valence-electron chi connectivity index (χ4n) is 3.37. The van der Waals surface area contributed by atoms with Crippen molar-refractivity contribution in [1.82, 2.24) is 20.2 Å². The van der Waals surface area contributed by atoms with Gasteiger partial charge in [0.05, 0.1) is 5.52 Å². The summed E-state index contributed by atoms with van der Waals surface area (Å²) in [6.07, 6.45) is 5.60. The van der Waals surface area contributed by atoms with Crippen LogP contribution in [0.15, 0.2) is 55.0 Å². The van der Waals surface area contributed by atoms with Crippen molar-refractivity contribution in [3.8, 4) is 0 Å². The van der Waals surface area contributed by atoms with E-state index in [4.69, 9.17) is 11.6 Å². The summed E-state index contributed by atoms with van der Waals surface area (Å²) in [6, 6.07) is 12.5. The molecule has 1 atom stereocenters. The van der Waals surface area contributed by atoms with Crippen molar-refractivity contribution in [2.45, 2.75) is 12.6 Å². The van der Waals surface area contributed by atoms with Crippen LogP contribution in [-0.4, -0.2) is 34.5 Å². The number of hydrogen-bond acceptors (Lipinski definition) is 4. The van der Waals surface area contributed by atoms with Gasteiger partial charge in [0.25, 0.3) is 0 Å². The lowest BCUT2D eigenvalue weighted by Gasteiger charge is -2.36. The highest BCUT2D eigenvalue weighted by atomic mass is 35.5. The lowest BCUT2D eigenvalue weighted by atomic mass is 10.0. The lowest BCUT2D eigenvalue weighted by molar-refractivity contribution is 0.154. The van der Waals surface area contributed by atoms with E-state index < -0.39 is 0 Å². The van der Waals surface area contributed by atoms with Gasteiger partial charge in [-0.05, 0) is 23.8 Å². The molecule has 0 amide bonds. The fourth-order valence-corrected chi connectivity index (χ4v) is 3.58. The van der Waals surface area contributed by atoms with Gasteiger partial charge in [0.1, 0.15) is 0 Å². The molecule has 1 saturated heterocycles. The van der Waals surface area contributed by atoms with Crippen LogP contribution < -0.4 is 5.32 Å². The number of nitrogens with zero attached hydrogens (tertiary/aromatic N) is 3. The molecule has 1 fully saturated rings. The Hall–Kier alpha value is -2.01. The van der Waals surface area contributed by atoms with E-state index in [1.54, 1.807) is 0 Å². The predicted molar refractivity (Wildman–Crippen MR) is 97.0 cm³/mol. The minimum Gasteiger partial charge on any atom is -0.314 e. The molecule has 4 rings (SSSR count). The van der Waals surface area contributed by atoms with Crippen LogP contribution in [0.5, 0.6) is 0 Å². The van der Waals surface area contributed by atoms with Gasteiger partial charge in [-0.2, -0.15) is 0 Å². The van der Waals surface area contributed by atoms with Gasteiger partial charge >= 0.3 is 0 Å². The van der Waals surface area contributed by atoms with Crippen LogP contribution >= 0.6 is 11.6 Å². The predicted octanol–water partition coefficient (Wildman–Crippen LogP) is 3.43. The van der Waals surface area contributed by atoms with Crippen molar-refractivity contribution in [1.29, 1.82) is 0 Å². The molecule has 3 heterocycles.